The van der Waals surface area contributed by atoms with E-state index < -0.39 is 0 Å². The fourth-order valence-electron chi connectivity index (χ4n) is 1.88. The van der Waals surface area contributed by atoms with Crippen molar-refractivity contribution in [2.45, 2.75) is 33.4 Å². The Morgan fingerprint density at radius 1 is 1.23 bits per heavy atom. The molecule has 0 spiro atoms. The van der Waals surface area contributed by atoms with Gasteiger partial charge < -0.3 is 10.6 Å². The number of carbonyl (C=O) groups excluding carboxylic acids is 1. The number of rotatable bonds is 5. The average Bonchev–Trinajstić information content (AvgIpc) is 2.45. The van der Waals surface area contributed by atoms with Crippen LogP contribution in [0.15, 0.2) is 30.3 Å². The lowest BCUT2D eigenvalue weighted by atomic mass is 10.2. The highest BCUT2D eigenvalue weighted by atomic mass is 19.1. The summed E-state index contributed by atoms with van der Waals surface area (Å²) in [6.45, 7) is 6.03. The number of nitrogens with zero attached hydrogens (tertiary/aromatic N) is 2. The van der Waals surface area contributed by atoms with E-state index in [0.717, 1.165) is 5.56 Å². The number of amides is 1. The Bertz CT molecular complexity index is 656. The van der Waals surface area contributed by atoms with Crippen LogP contribution in [0.4, 0.5) is 10.3 Å². The van der Waals surface area contributed by atoms with Gasteiger partial charge in [-0.1, -0.05) is 12.1 Å². The first-order valence-corrected chi connectivity index (χ1v) is 7.09. The summed E-state index contributed by atoms with van der Waals surface area (Å²) in [5, 5.41) is 5.84. The molecule has 0 bridgehead atoms. The predicted molar refractivity (Wildman–Crippen MR) is 83.1 cm³/mol. The molecule has 1 heterocycles. The Balaban J connectivity index is 2.09. The van der Waals surface area contributed by atoms with E-state index in [1.54, 1.807) is 25.1 Å². The maximum absolute atomic E-state index is 12.9. The lowest BCUT2D eigenvalue weighted by Gasteiger charge is -2.10. The van der Waals surface area contributed by atoms with Crippen LogP contribution >= 0.6 is 0 Å². The Hall–Kier alpha value is -2.50. The molecule has 5 nitrogen and oxygen atoms in total. The summed E-state index contributed by atoms with van der Waals surface area (Å²) >= 11 is 0. The maximum atomic E-state index is 12.9. The minimum atomic E-state index is -0.275. The molecule has 0 saturated carbocycles. The summed E-state index contributed by atoms with van der Waals surface area (Å²) < 4.78 is 12.9. The number of anilines is 1. The van der Waals surface area contributed by atoms with Crippen LogP contribution in [0.2, 0.25) is 0 Å². The molecule has 116 valence electrons. The van der Waals surface area contributed by atoms with Gasteiger partial charge in [0, 0.05) is 18.3 Å². The number of nitrogens with one attached hydrogen (secondary N) is 2. The third-order valence-corrected chi connectivity index (χ3v) is 2.87. The van der Waals surface area contributed by atoms with Crippen molar-refractivity contribution in [3.8, 4) is 0 Å². The van der Waals surface area contributed by atoms with E-state index in [0.29, 0.717) is 23.9 Å². The van der Waals surface area contributed by atoms with Crippen LogP contribution in [0.3, 0.4) is 0 Å². The number of benzene rings is 1. The molecule has 0 radical (unpaired) electrons. The lowest BCUT2D eigenvalue weighted by Crippen LogP contribution is -2.31. The molecule has 0 aliphatic rings. The van der Waals surface area contributed by atoms with Gasteiger partial charge in [0.25, 0.3) is 5.91 Å². The molecule has 0 aliphatic heterocycles. The zero-order valence-electron chi connectivity index (χ0n) is 12.9. The summed E-state index contributed by atoms with van der Waals surface area (Å²) in [4.78, 5) is 20.5. The summed E-state index contributed by atoms with van der Waals surface area (Å²) in [6, 6.07) is 7.85. The molecular weight excluding hydrogens is 283 g/mol. The van der Waals surface area contributed by atoms with Crippen LogP contribution in [0.25, 0.3) is 0 Å². The van der Waals surface area contributed by atoms with Crippen molar-refractivity contribution in [1.82, 2.24) is 15.3 Å². The molecule has 22 heavy (non-hydrogen) atoms. The normalized spacial score (nSPS) is 10.6. The van der Waals surface area contributed by atoms with Gasteiger partial charge in [-0.15, -0.1) is 0 Å². The van der Waals surface area contributed by atoms with Gasteiger partial charge in [0.2, 0.25) is 5.95 Å². The molecule has 0 saturated heterocycles. The van der Waals surface area contributed by atoms with Crippen LogP contribution in [0.1, 0.15) is 35.6 Å². The molecule has 0 unspecified atom stereocenters. The number of hydrogen-bond acceptors (Lipinski definition) is 4. The Kier molecular flexibility index (Phi) is 5.04. The first kappa shape index (κ1) is 15.9. The second-order valence-corrected chi connectivity index (χ2v) is 5.33. The van der Waals surface area contributed by atoms with Crippen molar-refractivity contribution in [2.75, 3.05) is 5.32 Å². The zero-order valence-corrected chi connectivity index (χ0v) is 12.9. The van der Waals surface area contributed by atoms with E-state index in [9.17, 15) is 9.18 Å². The monoisotopic (exact) mass is 302 g/mol. The highest BCUT2D eigenvalue weighted by molar-refractivity contribution is 5.92. The molecule has 2 aromatic rings. The average molecular weight is 302 g/mol. The molecular formula is C16H19FN4O. The van der Waals surface area contributed by atoms with Crippen LogP contribution in [-0.2, 0) is 6.54 Å². The Labute approximate surface area is 129 Å². The van der Waals surface area contributed by atoms with Crippen molar-refractivity contribution >= 4 is 11.9 Å². The standard InChI is InChI=1S/C16H19FN4O/c1-10(2)19-15(22)14-8-11(3)20-16(21-14)18-9-12-4-6-13(17)7-5-12/h4-8,10H,9H2,1-3H3,(H,19,22)(H,18,20,21). The van der Waals surface area contributed by atoms with Crippen molar-refractivity contribution in [1.29, 1.82) is 0 Å². The fraction of sp³-hybridized carbons (Fsp3) is 0.312. The quantitative estimate of drug-likeness (QED) is 0.891. The van der Waals surface area contributed by atoms with Gasteiger partial charge in [0.15, 0.2) is 0 Å². The van der Waals surface area contributed by atoms with Gasteiger partial charge in [0.05, 0.1) is 0 Å². The number of aromatic nitrogens is 2. The SMILES string of the molecule is Cc1cc(C(=O)NC(C)C)nc(NCc2ccc(F)cc2)n1. The minimum absolute atomic E-state index is 0.0402. The molecule has 0 atom stereocenters. The molecule has 0 fully saturated rings. The van der Waals surface area contributed by atoms with Gasteiger partial charge in [0.1, 0.15) is 11.5 Å². The second-order valence-electron chi connectivity index (χ2n) is 5.33. The van der Waals surface area contributed by atoms with E-state index >= 15 is 0 Å². The van der Waals surface area contributed by atoms with Crippen LogP contribution in [0.5, 0.6) is 0 Å². The Morgan fingerprint density at radius 3 is 2.55 bits per heavy atom. The van der Waals surface area contributed by atoms with Crippen molar-refractivity contribution in [2.24, 2.45) is 0 Å². The van der Waals surface area contributed by atoms with Gasteiger partial charge >= 0.3 is 0 Å². The highest BCUT2D eigenvalue weighted by Crippen LogP contribution is 2.08. The highest BCUT2D eigenvalue weighted by Gasteiger charge is 2.11. The third-order valence-electron chi connectivity index (χ3n) is 2.87. The van der Waals surface area contributed by atoms with Crippen LogP contribution in [-0.4, -0.2) is 21.9 Å². The van der Waals surface area contributed by atoms with E-state index in [4.69, 9.17) is 0 Å². The lowest BCUT2D eigenvalue weighted by molar-refractivity contribution is 0.0938. The topological polar surface area (TPSA) is 66.9 Å². The van der Waals surface area contributed by atoms with E-state index in [-0.39, 0.29) is 17.8 Å². The smallest absolute Gasteiger partial charge is 0.270 e. The van der Waals surface area contributed by atoms with E-state index in [1.165, 1.54) is 12.1 Å². The van der Waals surface area contributed by atoms with E-state index in [2.05, 4.69) is 20.6 Å². The number of carbonyl (C=O) groups is 1. The van der Waals surface area contributed by atoms with Crippen molar-refractivity contribution in [3.63, 3.8) is 0 Å². The molecule has 1 aromatic heterocycles. The first-order valence-electron chi connectivity index (χ1n) is 7.09. The third kappa shape index (κ3) is 4.51. The fourth-order valence-corrected chi connectivity index (χ4v) is 1.88. The van der Waals surface area contributed by atoms with Gasteiger partial charge in [-0.3, -0.25) is 4.79 Å². The van der Waals surface area contributed by atoms with Crippen molar-refractivity contribution in [3.05, 3.63) is 53.1 Å². The summed E-state index contributed by atoms with van der Waals surface area (Å²) in [5.74, 6) is -0.133. The van der Waals surface area contributed by atoms with Crippen LogP contribution in [0, 0.1) is 12.7 Å². The molecule has 0 aliphatic carbocycles. The van der Waals surface area contributed by atoms with Crippen LogP contribution < -0.4 is 10.6 Å². The van der Waals surface area contributed by atoms with E-state index in [1.807, 2.05) is 13.8 Å². The first-order chi connectivity index (χ1) is 10.4. The van der Waals surface area contributed by atoms with Gasteiger partial charge in [-0.2, -0.15) is 0 Å². The second kappa shape index (κ2) is 6.98. The molecule has 1 amide bonds. The number of aryl methyl sites for hydroxylation is 1. The summed E-state index contributed by atoms with van der Waals surface area (Å²) in [6.07, 6.45) is 0. The molecule has 2 rings (SSSR count). The predicted octanol–water partition coefficient (Wildman–Crippen LogP) is 2.67. The van der Waals surface area contributed by atoms with Crippen molar-refractivity contribution < 1.29 is 9.18 Å². The minimum Gasteiger partial charge on any atom is -0.350 e. The molecule has 6 heteroatoms. The number of hydrogen-bond donors (Lipinski definition) is 2. The van der Waals surface area contributed by atoms with Gasteiger partial charge in [-0.25, -0.2) is 14.4 Å². The maximum Gasteiger partial charge on any atom is 0.270 e. The molecule has 2 N–H and O–H groups in total. The summed E-state index contributed by atoms with van der Waals surface area (Å²) in [7, 11) is 0. The Morgan fingerprint density at radius 2 is 1.91 bits per heavy atom. The largest absolute Gasteiger partial charge is 0.350 e. The number of halogens is 1. The zero-order chi connectivity index (χ0) is 16.1. The summed E-state index contributed by atoms with van der Waals surface area (Å²) in [5.41, 5.74) is 1.92. The molecule has 1 aromatic carbocycles. The van der Waals surface area contributed by atoms with Gasteiger partial charge in [-0.05, 0) is 44.5 Å².